The zero-order valence-electron chi connectivity index (χ0n) is 10.6. The van der Waals surface area contributed by atoms with Crippen LogP contribution in [0, 0.1) is 5.92 Å². The third kappa shape index (κ3) is 3.16. The van der Waals surface area contributed by atoms with Crippen molar-refractivity contribution in [1.29, 1.82) is 0 Å². The van der Waals surface area contributed by atoms with Gasteiger partial charge in [-0.3, -0.25) is 10.1 Å². The molecule has 1 unspecified atom stereocenters. The second-order valence-corrected chi connectivity index (χ2v) is 6.88. The summed E-state index contributed by atoms with van der Waals surface area (Å²) in [4.78, 5) is 11.2. The zero-order valence-corrected chi connectivity index (χ0v) is 11.4. The molecule has 1 saturated heterocycles. The first kappa shape index (κ1) is 13.2. The molecule has 1 spiro atoms. The van der Waals surface area contributed by atoms with Crippen molar-refractivity contribution in [2.45, 2.75) is 62.8 Å². The number of thioether (sulfide) groups is 1. The van der Waals surface area contributed by atoms with Gasteiger partial charge in [0.1, 0.15) is 6.04 Å². The van der Waals surface area contributed by atoms with Crippen LogP contribution in [-0.2, 0) is 4.79 Å². The number of hydrogen-bond acceptors (Lipinski definition) is 3. The van der Waals surface area contributed by atoms with Gasteiger partial charge in [0, 0.05) is 0 Å². The Hall–Kier alpha value is -0.220. The van der Waals surface area contributed by atoms with E-state index in [1.807, 2.05) is 11.8 Å². The van der Waals surface area contributed by atoms with E-state index in [1.54, 1.807) is 0 Å². The van der Waals surface area contributed by atoms with Crippen LogP contribution in [-0.4, -0.2) is 27.7 Å². The number of carbonyl (C=O) groups is 1. The van der Waals surface area contributed by atoms with E-state index in [0.29, 0.717) is 0 Å². The van der Waals surface area contributed by atoms with Gasteiger partial charge in [-0.2, -0.15) is 0 Å². The predicted octanol–water partition coefficient (Wildman–Crippen LogP) is 2.85. The minimum atomic E-state index is -0.680. The van der Waals surface area contributed by atoms with Crippen molar-refractivity contribution in [2.24, 2.45) is 5.92 Å². The van der Waals surface area contributed by atoms with Crippen molar-refractivity contribution >= 4 is 17.7 Å². The van der Waals surface area contributed by atoms with Gasteiger partial charge in [-0.25, -0.2) is 0 Å². The molecular formula is C13H23NO2S. The number of hydrogen-bond donors (Lipinski definition) is 2. The normalized spacial score (nSPS) is 38.2. The van der Waals surface area contributed by atoms with Crippen molar-refractivity contribution in [3.63, 3.8) is 0 Å². The smallest absolute Gasteiger partial charge is 0.320 e. The quantitative estimate of drug-likeness (QED) is 0.816. The summed E-state index contributed by atoms with van der Waals surface area (Å²) in [5.74, 6) is 1.18. The highest BCUT2D eigenvalue weighted by molar-refractivity contribution is 8.00. The first-order valence-electron chi connectivity index (χ1n) is 6.80. The molecule has 0 aromatic heterocycles. The highest BCUT2D eigenvalue weighted by Gasteiger charge is 2.41. The van der Waals surface area contributed by atoms with Gasteiger partial charge in [-0.1, -0.05) is 19.8 Å². The molecule has 17 heavy (non-hydrogen) atoms. The Morgan fingerprint density at radius 2 is 2.12 bits per heavy atom. The topological polar surface area (TPSA) is 49.3 Å². The Balaban J connectivity index is 1.90. The molecule has 1 saturated carbocycles. The Labute approximate surface area is 108 Å². The van der Waals surface area contributed by atoms with E-state index in [2.05, 4.69) is 12.2 Å². The summed E-state index contributed by atoms with van der Waals surface area (Å²) in [6.07, 6.45) is 8.19. The van der Waals surface area contributed by atoms with Gasteiger partial charge >= 0.3 is 5.97 Å². The van der Waals surface area contributed by atoms with E-state index < -0.39 is 5.97 Å². The van der Waals surface area contributed by atoms with E-state index in [1.165, 1.54) is 25.7 Å². The van der Waals surface area contributed by atoms with Crippen LogP contribution in [0.15, 0.2) is 0 Å². The Morgan fingerprint density at radius 1 is 1.41 bits per heavy atom. The summed E-state index contributed by atoms with van der Waals surface area (Å²) >= 11 is 1.95. The monoisotopic (exact) mass is 257 g/mol. The molecule has 0 amide bonds. The zero-order chi connectivity index (χ0) is 12.3. The summed E-state index contributed by atoms with van der Waals surface area (Å²) in [6, 6.07) is -0.320. The van der Waals surface area contributed by atoms with Crippen LogP contribution in [0.1, 0.15) is 51.9 Å². The largest absolute Gasteiger partial charge is 0.480 e. The maximum absolute atomic E-state index is 11.1. The second-order valence-electron chi connectivity index (χ2n) is 5.40. The van der Waals surface area contributed by atoms with Crippen LogP contribution in [0.4, 0.5) is 0 Å². The standard InChI is InChI=1S/C13H23NO2S/c1-2-3-10-4-7-13(8-5-10)14-11(12(15)16)6-9-17-13/h10-11,14H,2-9H2,1H3,(H,15,16). The summed E-state index contributed by atoms with van der Waals surface area (Å²) in [5, 5.41) is 12.5. The molecule has 1 aliphatic heterocycles. The molecule has 2 fully saturated rings. The Morgan fingerprint density at radius 3 is 2.71 bits per heavy atom. The van der Waals surface area contributed by atoms with Crippen LogP contribution in [0.2, 0.25) is 0 Å². The van der Waals surface area contributed by atoms with E-state index in [4.69, 9.17) is 5.11 Å². The van der Waals surface area contributed by atoms with Crippen LogP contribution >= 0.6 is 11.8 Å². The van der Waals surface area contributed by atoms with Crippen LogP contribution in [0.3, 0.4) is 0 Å². The molecule has 2 N–H and O–H groups in total. The summed E-state index contributed by atoms with van der Waals surface area (Å²) < 4.78 is 0. The fourth-order valence-corrected chi connectivity index (χ4v) is 4.61. The minimum Gasteiger partial charge on any atom is -0.480 e. The average Bonchev–Trinajstić information content (AvgIpc) is 2.33. The Bertz CT molecular complexity index is 275. The highest BCUT2D eigenvalue weighted by Crippen LogP contribution is 2.43. The summed E-state index contributed by atoms with van der Waals surface area (Å²) in [5.41, 5.74) is 0. The maximum atomic E-state index is 11.1. The molecule has 0 bridgehead atoms. The fraction of sp³-hybridized carbons (Fsp3) is 0.923. The van der Waals surface area contributed by atoms with Gasteiger partial charge < -0.3 is 5.11 Å². The van der Waals surface area contributed by atoms with Gasteiger partial charge in [0.15, 0.2) is 0 Å². The first-order valence-corrected chi connectivity index (χ1v) is 7.78. The number of aliphatic carboxylic acids is 1. The molecule has 0 aromatic rings. The molecule has 1 aliphatic carbocycles. The molecule has 0 radical (unpaired) electrons. The molecule has 1 heterocycles. The van der Waals surface area contributed by atoms with E-state index in [9.17, 15) is 4.79 Å². The number of carboxylic acid groups (broad SMARTS) is 1. The molecule has 3 nitrogen and oxygen atoms in total. The van der Waals surface area contributed by atoms with Crippen LogP contribution in [0.25, 0.3) is 0 Å². The van der Waals surface area contributed by atoms with Crippen LogP contribution in [0.5, 0.6) is 0 Å². The number of rotatable bonds is 3. The fourth-order valence-electron chi connectivity index (χ4n) is 3.12. The van der Waals surface area contributed by atoms with Gasteiger partial charge in [-0.15, -0.1) is 11.8 Å². The third-order valence-corrected chi connectivity index (χ3v) is 5.65. The van der Waals surface area contributed by atoms with Crippen molar-refractivity contribution in [3.8, 4) is 0 Å². The van der Waals surface area contributed by atoms with Crippen molar-refractivity contribution < 1.29 is 9.90 Å². The van der Waals surface area contributed by atoms with E-state index in [0.717, 1.165) is 30.9 Å². The predicted molar refractivity (Wildman–Crippen MR) is 71.2 cm³/mol. The lowest BCUT2D eigenvalue weighted by Crippen LogP contribution is -2.56. The molecular weight excluding hydrogens is 234 g/mol. The minimum absolute atomic E-state index is 0.0749. The molecule has 2 aliphatic rings. The Kier molecular flexibility index (Phi) is 4.36. The first-order chi connectivity index (χ1) is 8.15. The lowest BCUT2D eigenvalue weighted by atomic mass is 9.82. The second kappa shape index (κ2) is 5.61. The summed E-state index contributed by atoms with van der Waals surface area (Å²) in [7, 11) is 0. The van der Waals surface area contributed by atoms with Crippen molar-refractivity contribution in [3.05, 3.63) is 0 Å². The van der Waals surface area contributed by atoms with Crippen molar-refractivity contribution in [1.82, 2.24) is 5.32 Å². The molecule has 98 valence electrons. The molecule has 2 rings (SSSR count). The molecule has 4 heteroatoms. The molecule has 1 atom stereocenters. The SMILES string of the molecule is CCCC1CCC2(CC1)NC(C(=O)O)CCS2. The number of carboxylic acids is 1. The van der Waals surface area contributed by atoms with Gasteiger partial charge in [-0.05, 0) is 43.8 Å². The third-order valence-electron chi connectivity index (χ3n) is 4.13. The number of nitrogens with one attached hydrogen (secondary N) is 1. The van der Waals surface area contributed by atoms with E-state index in [-0.39, 0.29) is 10.9 Å². The molecule has 0 aromatic carbocycles. The van der Waals surface area contributed by atoms with E-state index >= 15 is 0 Å². The van der Waals surface area contributed by atoms with Crippen LogP contribution < -0.4 is 5.32 Å². The van der Waals surface area contributed by atoms with Gasteiger partial charge in [0.2, 0.25) is 0 Å². The summed E-state index contributed by atoms with van der Waals surface area (Å²) in [6.45, 7) is 2.25. The lowest BCUT2D eigenvalue weighted by molar-refractivity contribution is -0.140. The maximum Gasteiger partial charge on any atom is 0.320 e. The highest BCUT2D eigenvalue weighted by atomic mass is 32.2. The van der Waals surface area contributed by atoms with Gasteiger partial charge in [0.05, 0.1) is 4.87 Å². The van der Waals surface area contributed by atoms with Crippen molar-refractivity contribution in [2.75, 3.05) is 5.75 Å². The lowest BCUT2D eigenvalue weighted by Gasteiger charge is -2.45. The average molecular weight is 257 g/mol. The van der Waals surface area contributed by atoms with Gasteiger partial charge in [0.25, 0.3) is 0 Å².